The number of aryl methyl sites for hydroxylation is 1. The first-order chi connectivity index (χ1) is 16.1. The molecule has 1 aromatic heterocycles. The molecule has 0 aliphatic carbocycles. The monoisotopic (exact) mass is 455 g/mol. The van der Waals surface area contributed by atoms with Crippen LogP contribution in [0.15, 0.2) is 72.8 Å². The van der Waals surface area contributed by atoms with Crippen molar-refractivity contribution in [2.75, 3.05) is 0 Å². The topological polar surface area (TPSA) is 61.8 Å². The van der Waals surface area contributed by atoms with Crippen LogP contribution in [-0.4, -0.2) is 14.7 Å². The Morgan fingerprint density at radius 1 is 0.970 bits per heavy atom. The number of halogens is 1. The maximum absolute atomic E-state index is 9.81. The van der Waals surface area contributed by atoms with Crippen LogP contribution in [0, 0.1) is 11.3 Å². The van der Waals surface area contributed by atoms with Crippen LogP contribution in [0.1, 0.15) is 42.4 Å². The fourth-order valence-electron chi connectivity index (χ4n) is 4.03. The van der Waals surface area contributed by atoms with Crippen molar-refractivity contribution in [2.45, 2.75) is 39.3 Å². The molecule has 0 aliphatic heterocycles. The quantitative estimate of drug-likeness (QED) is 0.324. The van der Waals surface area contributed by atoms with Crippen LogP contribution in [0.3, 0.4) is 0 Å². The molecule has 0 amide bonds. The Morgan fingerprint density at radius 3 is 2.36 bits per heavy atom. The largest absolute Gasteiger partial charge is 0.390 e. The molecule has 0 aliphatic rings. The molecule has 4 nitrogen and oxygen atoms in total. The molecule has 5 heteroatoms. The van der Waals surface area contributed by atoms with Crippen LogP contribution in [0.4, 0.5) is 0 Å². The van der Waals surface area contributed by atoms with Crippen molar-refractivity contribution in [3.63, 3.8) is 0 Å². The lowest BCUT2D eigenvalue weighted by Crippen LogP contribution is -2.09. The summed E-state index contributed by atoms with van der Waals surface area (Å²) in [7, 11) is 0. The van der Waals surface area contributed by atoms with Gasteiger partial charge in [-0.15, -0.1) is 0 Å². The van der Waals surface area contributed by atoms with E-state index in [1.54, 1.807) is 0 Å². The second kappa shape index (κ2) is 10.5. The molecule has 4 aromatic rings. The maximum atomic E-state index is 9.81. The van der Waals surface area contributed by atoms with E-state index < -0.39 is 0 Å². The molecule has 0 saturated heterocycles. The fraction of sp³-hybridized carbons (Fsp3) is 0.214. The number of benzene rings is 3. The molecule has 0 saturated carbocycles. The van der Waals surface area contributed by atoms with E-state index in [1.807, 2.05) is 47.0 Å². The van der Waals surface area contributed by atoms with Crippen LogP contribution in [0.5, 0.6) is 0 Å². The van der Waals surface area contributed by atoms with E-state index in [1.165, 1.54) is 0 Å². The zero-order chi connectivity index (χ0) is 23.2. The SMILES string of the molecule is CCCCc1nc(Cl)c(CO)n1Cc1ccc(-c2cc(-c3ccccc3)ccc2C#N)cc1. The third-order valence-electron chi connectivity index (χ3n) is 5.86. The van der Waals surface area contributed by atoms with Crippen molar-refractivity contribution in [2.24, 2.45) is 0 Å². The molecule has 0 bridgehead atoms. The third-order valence-corrected chi connectivity index (χ3v) is 6.16. The summed E-state index contributed by atoms with van der Waals surface area (Å²) >= 11 is 6.28. The number of rotatable bonds is 8. The van der Waals surface area contributed by atoms with Gasteiger partial charge < -0.3 is 9.67 Å². The highest BCUT2D eigenvalue weighted by molar-refractivity contribution is 6.30. The van der Waals surface area contributed by atoms with Gasteiger partial charge in [-0.25, -0.2) is 4.98 Å². The highest BCUT2D eigenvalue weighted by Crippen LogP contribution is 2.30. The summed E-state index contributed by atoms with van der Waals surface area (Å²) in [4.78, 5) is 4.47. The number of nitriles is 1. The second-order valence-electron chi connectivity index (χ2n) is 8.05. The number of unbranched alkanes of at least 4 members (excludes halogenated alkanes) is 1. The molecule has 0 atom stereocenters. The highest BCUT2D eigenvalue weighted by Gasteiger charge is 2.15. The fourth-order valence-corrected chi connectivity index (χ4v) is 4.29. The normalized spacial score (nSPS) is 10.8. The van der Waals surface area contributed by atoms with Crippen molar-refractivity contribution < 1.29 is 5.11 Å². The van der Waals surface area contributed by atoms with Gasteiger partial charge in [0, 0.05) is 18.5 Å². The van der Waals surface area contributed by atoms with Crippen molar-refractivity contribution in [1.82, 2.24) is 9.55 Å². The molecule has 0 spiro atoms. The van der Waals surface area contributed by atoms with Gasteiger partial charge in [0.2, 0.25) is 0 Å². The van der Waals surface area contributed by atoms with Gasteiger partial charge in [-0.05, 0) is 40.8 Å². The summed E-state index contributed by atoms with van der Waals surface area (Å²) in [6.07, 6.45) is 2.91. The first kappa shape index (κ1) is 22.8. The van der Waals surface area contributed by atoms with Crippen LogP contribution in [0.2, 0.25) is 5.15 Å². The average Bonchev–Trinajstić information content (AvgIpc) is 3.16. The zero-order valence-corrected chi connectivity index (χ0v) is 19.4. The zero-order valence-electron chi connectivity index (χ0n) is 18.6. The minimum Gasteiger partial charge on any atom is -0.390 e. The summed E-state index contributed by atoms with van der Waals surface area (Å²) in [6, 6.07) is 26.6. The molecule has 0 unspecified atom stereocenters. The standard InChI is InChI=1S/C28H26ClN3O/c1-2-3-9-27-31-28(29)26(19-33)32(27)18-20-10-12-22(13-11-20)25-16-23(14-15-24(25)17-30)21-7-5-4-6-8-21/h4-8,10-16,33H,2-3,9,18-19H2,1H3. The number of aliphatic hydroxyl groups excluding tert-OH is 1. The van der Waals surface area contributed by atoms with Gasteiger partial charge in [0.25, 0.3) is 0 Å². The summed E-state index contributed by atoms with van der Waals surface area (Å²) in [5.74, 6) is 0.900. The molecule has 0 fully saturated rings. The average molecular weight is 456 g/mol. The Labute approximate surface area is 199 Å². The Bertz CT molecular complexity index is 1270. The first-order valence-electron chi connectivity index (χ1n) is 11.2. The summed E-state index contributed by atoms with van der Waals surface area (Å²) in [5, 5.41) is 19.8. The van der Waals surface area contributed by atoms with Gasteiger partial charge in [0.05, 0.1) is 23.9 Å². The molecule has 33 heavy (non-hydrogen) atoms. The smallest absolute Gasteiger partial charge is 0.152 e. The van der Waals surface area contributed by atoms with Gasteiger partial charge in [0.1, 0.15) is 5.82 Å². The first-order valence-corrected chi connectivity index (χ1v) is 11.6. The summed E-state index contributed by atoms with van der Waals surface area (Å²) < 4.78 is 2.02. The molecule has 166 valence electrons. The number of hydrogen-bond donors (Lipinski definition) is 1. The lowest BCUT2D eigenvalue weighted by Gasteiger charge is -2.13. The Kier molecular flexibility index (Phi) is 7.24. The van der Waals surface area contributed by atoms with Crippen molar-refractivity contribution in [3.8, 4) is 28.3 Å². The number of hydrogen-bond acceptors (Lipinski definition) is 3. The van der Waals surface area contributed by atoms with Crippen LogP contribution in [-0.2, 0) is 19.6 Å². The van der Waals surface area contributed by atoms with E-state index in [2.05, 4.69) is 48.3 Å². The van der Waals surface area contributed by atoms with Gasteiger partial charge in [-0.3, -0.25) is 0 Å². The number of aliphatic hydroxyl groups is 1. The number of nitrogens with zero attached hydrogens (tertiary/aromatic N) is 3. The lowest BCUT2D eigenvalue weighted by atomic mass is 9.94. The van der Waals surface area contributed by atoms with E-state index in [-0.39, 0.29) is 6.61 Å². The van der Waals surface area contributed by atoms with Crippen molar-refractivity contribution >= 4 is 11.6 Å². The van der Waals surface area contributed by atoms with Gasteiger partial charge in [-0.2, -0.15) is 5.26 Å². The predicted octanol–water partition coefficient (Wildman–Crippen LogP) is 6.63. The Balaban J connectivity index is 1.64. The van der Waals surface area contributed by atoms with Crippen LogP contribution in [0.25, 0.3) is 22.3 Å². The van der Waals surface area contributed by atoms with E-state index in [4.69, 9.17) is 11.6 Å². The molecule has 3 aromatic carbocycles. The lowest BCUT2D eigenvalue weighted by molar-refractivity contribution is 0.271. The second-order valence-corrected chi connectivity index (χ2v) is 8.41. The minimum atomic E-state index is -0.145. The molecule has 1 heterocycles. The molecule has 0 radical (unpaired) electrons. The third kappa shape index (κ3) is 5.01. The van der Waals surface area contributed by atoms with Gasteiger partial charge >= 0.3 is 0 Å². The van der Waals surface area contributed by atoms with Crippen molar-refractivity contribution in [1.29, 1.82) is 5.26 Å². The van der Waals surface area contributed by atoms with E-state index in [0.29, 0.717) is 23.0 Å². The summed E-state index contributed by atoms with van der Waals surface area (Å²) in [5.41, 5.74) is 6.48. The van der Waals surface area contributed by atoms with E-state index >= 15 is 0 Å². The Morgan fingerprint density at radius 2 is 1.70 bits per heavy atom. The van der Waals surface area contributed by atoms with Gasteiger partial charge in [-0.1, -0.05) is 85.6 Å². The van der Waals surface area contributed by atoms with Crippen LogP contribution >= 0.6 is 11.6 Å². The highest BCUT2D eigenvalue weighted by atomic mass is 35.5. The van der Waals surface area contributed by atoms with E-state index in [0.717, 1.165) is 52.9 Å². The number of aromatic nitrogens is 2. The van der Waals surface area contributed by atoms with Crippen LogP contribution < -0.4 is 0 Å². The van der Waals surface area contributed by atoms with Gasteiger partial charge in [0.15, 0.2) is 5.15 Å². The molecular weight excluding hydrogens is 430 g/mol. The number of imidazole rings is 1. The minimum absolute atomic E-state index is 0.145. The predicted molar refractivity (Wildman–Crippen MR) is 133 cm³/mol. The molecule has 4 rings (SSSR count). The van der Waals surface area contributed by atoms with Crippen molar-refractivity contribution in [3.05, 3.63) is 101 Å². The Hall–Kier alpha value is -3.39. The summed E-state index contributed by atoms with van der Waals surface area (Å²) in [6.45, 7) is 2.58. The molecule has 1 N–H and O–H groups in total. The maximum Gasteiger partial charge on any atom is 0.152 e. The van der Waals surface area contributed by atoms with E-state index in [9.17, 15) is 10.4 Å². The molecular formula is C28H26ClN3O.